The Bertz CT molecular complexity index is 460. The third-order valence-corrected chi connectivity index (χ3v) is 2.94. The average Bonchev–Trinajstić information content (AvgIpc) is 2.60. The Morgan fingerprint density at radius 3 is 2.56 bits per heavy atom. The summed E-state index contributed by atoms with van der Waals surface area (Å²) in [6, 6.07) is 0. The van der Waals surface area contributed by atoms with E-state index in [9.17, 15) is 0 Å². The predicted octanol–water partition coefficient (Wildman–Crippen LogP) is -0.0888. The number of nitrogens with two attached hydrogens (primary N) is 4. The van der Waals surface area contributed by atoms with Crippen LogP contribution in [0.3, 0.4) is 0 Å². The average molecular weight is 309 g/mol. The van der Waals surface area contributed by atoms with Gasteiger partial charge in [-0.05, 0) is 0 Å². The van der Waals surface area contributed by atoms with Crippen molar-refractivity contribution in [1.82, 2.24) is 4.98 Å². The second kappa shape index (κ2) is 7.74. The predicted molar refractivity (Wildman–Crippen MR) is 79.7 cm³/mol. The lowest BCUT2D eigenvalue weighted by atomic mass is 10.6. The second-order valence-corrected chi connectivity index (χ2v) is 4.59. The minimum Gasteiger partial charge on any atom is -0.370 e. The van der Waals surface area contributed by atoms with Gasteiger partial charge in [0.25, 0.3) is 0 Å². The zero-order chi connectivity index (χ0) is 12.8. The van der Waals surface area contributed by atoms with E-state index in [1.165, 1.54) is 11.3 Å². The first-order valence-corrected chi connectivity index (χ1v) is 6.19. The summed E-state index contributed by atoms with van der Waals surface area (Å²) in [6.45, 7) is 0. The number of halogens is 1. The molecule has 9 N–H and O–H groups in total. The molecular formula is C7H13ClN8S2. The Kier molecular flexibility index (Phi) is 7.08. The van der Waals surface area contributed by atoms with Crippen LogP contribution in [0.25, 0.3) is 0 Å². The van der Waals surface area contributed by atoms with Gasteiger partial charge in [0.05, 0.1) is 5.69 Å². The number of guanidine groups is 2. The standard InChI is InChI=1S/C7H12N8S2.ClH/c8-4(9)14-6(12)16-1-3-2-17-7(13-3)15-5(10)11;/h2H,1H2,(H5,8,9,12,14)(H4,10,11,13,15);1H. The first-order chi connectivity index (χ1) is 7.97. The van der Waals surface area contributed by atoms with Crippen molar-refractivity contribution in [2.24, 2.45) is 32.9 Å². The summed E-state index contributed by atoms with van der Waals surface area (Å²) in [5, 5.41) is 9.72. The second-order valence-electron chi connectivity index (χ2n) is 2.79. The molecule has 0 unspecified atom stereocenters. The van der Waals surface area contributed by atoms with E-state index in [0.29, 0.717) is 10.9 Å². The molecule has 18 heavy (non-hydrogen) atoms. The lowest BCUT2D eigenvalue weighted by molar-refractivity contribution is 1.21. The molecule has 11 heteroatoms. The molecule has 0 aliphatic heterocycles. The largest absolute Gasteiger partial charge is 0.370 e. The summed E-state index contributed by atoms with van der Waals surface area (Å²) >= 11 is 2.47. The lowest BCUT2D eigenvalue weighted by Crippen LogP contribution is -2.23. The van der Waals surface area contributed by atoms with Gasteiger partial charge in [-0.2, -0.15) is 9.98 Å². The molecule has 1 rings (SSSR count). The minimum atomic E-state index is -0.137. The molecule has 0 aliphatic rings. The monoisotopic (exact) mass is 308 g/mol. The van der Waals surface area contributed by atoms with Crippen LogP contribution in [0.1, 0.15) is 5.69 Å². The van der Waals surface area contributed by atoms with Gasteiger partial charge in [0.15, 0.2) is 17.1 Å². The Morgan fingerprint density at radius 1 is 1.33 bits per heavy atom. The van der Waals surface area contributed by atoms with Gasteiger partial charge in [-0.3, -0.25) is 5.41 Å². The van der Waals surface area contributed by atoms with E-state index in [2.05, 4.69) is 15.0 Å². The zero-order valence-electron chi connectivity index (χ0n) is 9.16. The molecule has 0 spiro atoms. The summed E-state index contributed by atoms with van der Waals surface area (Å²) in [6.07, 6.45) is 0. The van der Waals surface area contributed by atoms with Crippen molar-refractivity contribution in [1.29, 1.82) is 5.41 Å². The van der Waals surface area contributed by atoms with Crippen molar-refractivity contribution in [3.05, 3.63) is 11.1 Å². The van der Waals surface area contributed by atoms with Gasteiger partial charge >= 0.3 is 0 Å². The van der Waals surface area contributed by atoms with E-state index < -0.39 is 0 Å². The van der Waals surface area contributed by atoms with Crippen LogP contribution in [-0.2, 0) is 5.75 Å². The van der Waals surface area contributed by atoms with Gasteiger partial charge in [0.2, 0.25) is 5.13 Å². The maximum absolute atomic E-state index is 7.41. The first kappa shape index (κ1) is 16.5. The molecule has 0 radical (unpaired) electrons. The highest BCUT2D eigenvalue weighted by atomic mass is 35.5. The fourth-order valence-corrected chi connectivity index (χ4v) is 2.23. The van der Waals surface area contributed by atoms with E-state index >= 15 is 0 Å². The van der Waals surface area contributed by atoms with Gasteiger partial charge in [-0.15, -0.1) is 23.7 Å². The van der Waals surface area contributed by atoms with Gasteiger partial charge in [0, 0.05) is 11.1 Å². The Labute approximate surface area is 118 Å². The molecule has 0 bridgehead atoms. The first-order valence-electron chi connectivity index (χ1n) is 4.32. The van der Waals surface area contributed by atoms with Crippen molar-refractivity contribution in [3.8, 4) is 0 Å². The summed E-state index contributed by atoms with van der Waals surface area (Å²) < 4.78 is 0. The maximum atomic E-state index is 7.41. The Hall–Kier alpha value is -1.52. The van der Waals surface area contributed by atoms with Crippen molar-refractivity contribution < 1.29 is 0 Å². The van der Waals surface area contributed by atoms with Crippen LogP contribution < -0.4 is 22.9 Å². The summed E-state index contributed by atoms with van der Waals surface area (Å²) in [5.41, 5.74) is 21.5. The van der Waals surface area contributed by atoms with E-state index in [-0.39, 0.29) is 29.5 Å². The highest BCUT2D eigenvalue weighted by Crippen LogP contribution is 2.22. The number of aliphatic imine (C=N–C) groups is 2. The summed E-state index contributed by atoms with van der Waals surface area (Å²) in [5.74, 6) is 0.306. The molecule has 0 amide bonds. The maximum Gasteiger partial charge on any atom is 0.212 e. The number of thiazole rings is 1. The van der Waals surface area contributed by atoms with E-state index in [1.807, 2.05) is 0 Å². The summed E-state index contributed by atoms with van der Waals surface area (Å²) in [4.78, 5) is 11.5. The molecule has 1 heterocycles. The third kappa shape index (κ3) is 6.27. The van der Waals surface area contributed by atoms with E-state index in [4.69, 9.17) is 28.3 Å². The number of amidine groups is 1. The van der Waals surface area contributed by atoms with Gasteiger partial charge in [-0.1, -0.05) is 11.8 Å². The molecule has 0 aliphatic carbocycles. The van der Waals surface area contributed by atoms with Gasteiger partial charge < -0.3 is 22.9 Å². The topological polar surface area (TPSA) is 166 Å². The number of hydrogen-bond acceptors (Lipinski definition) is 5. The van der Waals surface area contributed by atoms with E-state index in [0.717, 1.165) is 17.5 Å². The number of thioether (sulfide) groups is 1. The van der Waals surface area contributed by atoms with E-state index in [1.54, 1.807) is 5.38 Å². The van der Waals surface area contributed by atoms with Crippen molar-refractivity contribution in [2.75, 3.05) is 0 Å². The van der Waals surface area contributed by atoms with Crippen LogP contribution in [0.5, 0.6) is 0 Å². The molecule has 0 aromatic carbocycles. The lowest BCUT2D eigenvalue weighted by Gasteiger charge is -1.96. The fraction of sp³-hybridized carbons (Fsp3) is 0.143. The molecule has 0 saturated carbocycles. The molecular weight excluding hydrogens is 296 g/mol. The van der Waals surface area contributed by atoms with Crippen LogP contribution >= 0.6 is 35.5 Å². The van der Waals surface area contributed by atoms with Crippen LogP contribution in [0.4, 0.5) is 5.13 Å². The van der Waals surface area contributed by atoms with Gasteiger partial charge in [0.1, 0.15) is 0 Å². The Morgan fingerprint density at radius 2 is 2.00 bits per heavy atom. The molecule has 1 aromatic heterocycles. The van der Waals surface area contributed by atoms with Gasteiger partial charge in [-0.25, -0.2) is 4.98 Å². The smallest absolute Gasteiger partial charge is 0.212 e. The van der Waals surface area contributed by atoms with Crippen LogP contribution in [-0.4, -0.2) is 22.1 Å². The SMILES string of the molecule is Cl.N=C(N=C(N)N)SCc1csc(N=C(N)N)n1. The highest BCUT2D eigenvalue weighted by molar-refractivity contribution is 8.13. The molecule has 100 valence electrons. The van der Waals surface area contributed by atoms with Crippen molar-refractivity contribution in [3.63, 3.8) is 0 Å². The van der Waals surface area contributed by atoms with Crippen LogP contribution in [0, 0.1) is 5.41 Å². The zero-order valence-corrected chi connectivity index (χ0v) is 11.6. The van der Waals surface area contributed by atoms with Crippen molar-refractivity contribution >= 4 is 57.7 Å². The van der Waals surface area contributed by atoms with Crippen LogP contribution in [0.15, 0.2) is 15.4 Å². The molecule has 1 aromatic rings. The number of hydrogen-bond donors (Lipinski definition) is 5. The normalized spacial score (nSPS) is 9.11. The molecule has 0 saturated heterocycles. The third-order valence-electron chi connectivity index (χ3n) is 1.35. The minimum absolute atomic E-state index is 0. The van der Waals surface area contributed by atoms with Crippen LogP contribution in [0.2, 0.25) is 0 Å². The molecule has 0 fully saturated rings. The molecule has 8 nitrogen and oxygen atoms in total. The number of aromatic nitrogens is 1. The molecule has 0 atom stereocenters. The number of nitrogens with one attached hydrogen (secondary N) is 1. The quantitative estimate of drug-likeness (QED) is 0.386. The Balaban J connectivity index is 0.00000289. The van der Waals surface area contributed by atoms with Crippen molar-refractivity contribution in [2.45, 2.75) is 5.75 Å². The number of rotatable bonds is 3. The number of nitrogens with zero attached hydrogens (tertiary/aromatic N) is 3. The fourth-order valence-electron chi connectivity index (χ4n) is 0.816. The highest BCUT2D eigenvalue weighted by Gasteiger charge is 2.03. The summed E-state index contributed by atoms with van der Waals surface area (Å²) in [7, 11) is 0.